The summed E-state index contributed by atoms with van der Waals surface area (Å²) >= 11 is 1.77. The van der Waals surface area contributed by atoms with Gasteiger partial charge in [0, 0.05) is 11.1 Å². The van der Waals surface area contributed by atoms with Crippen molar-refractivity contribution in [2.24, 2.45) is 0 Å². The number of rotatable bonds is 5. The summed E-state index contributed by atoms with van der Waals surface area (Å²) in [5.74, 6) is 0.581. The average molecular weight is 274 g/mol. The van der Waals surface area contributed by atoms with Crippen LogP contribution in [-0.2, 0) is 0 Å². The van der Waals surface area contributed by atoms with E-state index >= 15 is 0 Å². The van der Waals surface area contributed by atoms with Crippen LogP contribution in [0.4, 0.5) is 0 Å². The highest BCUT2D eigenvalue weighted by atomic mass is 32.1. The van der Waals surface area contributed by atoms with E-state index < -0.39 is 0 Å². The first-order valence-corrected chi connectivity index (χ1v) is 7.69. The molecule has 0 saturated heterocycles. The quantitative estimate of drug-likeness (QED) is 0.880. The third kappa shape index (κ3) is 3.43. The van der Waals surface area contributed by atoms with Crippen molar-refractivity contribution in [1.82, 2.24) is 10.3 Å². The molecule has 0 saturated carbocycles. The van der Waals surface area contributed by atoms with E-state index in [-0.39, 0.29) is 6.04 Å². The SMILES string of the molecule is CCNC(c1ccc(C(C)C)cc1)c1cnc(C)s1. The first-order valence-electron chi connectivity index (χ1n) is 6.87. The molecule has 0 aliphatic heterocycles. The number of hydrogen-bond acceptors (Lipinski definition) is 3. The fourth-order valence-corrected chi connectivity index (χ4v) is 3.06. The van der Waals surface area contributed by atoms with E-state index in [9.17, 15) is 0 Å². The van der Waals surface area contributed by atoms with E-state index in [1.807, 2.05) is 6.20 Å². The molecule has 1 heterocycles. The van der Waals surface area contributed by atoms with E-state index in [1.54, 1.807) is 11.3 Å². The summed E-state index contributed by atoms with van der Waals surface area (Å²) in [7, 11) is 0. The van der Waals surface area contributed by atoms with Gasteiger partial charge in [0.2, 0.25) is 0 Å². The number of hydrogen-bond donors (Lipinski definition) is 1. The normalized spacial score (nSPS) is 12.9. The van der Waals surface area contributed by atoms with Crippen LogP contribution in [-0.4, -0.2) is 11.5 Å². The molecule has 0 radical (unpaired) electrons. The molecular formula is C16H22N2S. The van der Waals surface area contributed by atoms with Gasteiger partial charge in [0.25, 0.3) is 0 Å². The maximum atomic E-state index is 4.37. The highest BCUT2D eigenvalue weighted by Crippen LogP contribution is 2.27. The summed E-state index contributed by atoms with van der Waals surface area (Å²) in [6, 6.07) is 9.20. The van der Waals surface area contributed by atoms with E-state index in [0.29, 0.717) is 5.92 Å². The molecule has 2 nitrogen and oxygen atoms in total. The highest BCUT2D eigenvalue weighted by Gasteiger charge is 2.15. The fraction of sp³-hybridized carbons (Fsp3) is 0.438. The molecule has 0 fully saturated rings. The third-order valence-electron chi connectivity index (χ3n) is 3.27. The molecule has 1 aromatic heterocycles. The summed E-state index contributed by atoms with van der Waals surface area (Å²) in [5.41, 5.74) is 2.70. The predicted octanol–water partition coefficient (Wildman–Crippen LogP) is 4.27. The van der Waals surface area contributed by atoms with Crippen LogP contribution in [0.1, 0.15) is 53.7 Å². The van der Waals surface area contributed by atoms with Crippen LogP contribution < -0.4 is 5.32 Å². The van der Waals surface area contributed by atoms with Gasteiger partial charge in [-0.2, -0.15) is 0 Å². The molecular weight excluding hydrogens is 252 g/mol. The second-order valence-corrected chi connectivity index (χ2v) is 6.36. The van der Waals surface area contributed by atoms with Crippen LogP contribution in [0.2, 0.25) is 0 Å². The predicted molar refractivity (Wildman–Crippen MR) is 82.9 cm³/mol. The van der Waals surface area contributed by atoms with Crippen molar-refractivity contribution in [3.63, 3.8) is 0 Å². The Kier molecular flexibility index (Phi) is 4.72. The Labute approximate surface area is 119 Å². The minimum Gasteiger partial charge on any atom is -0.306 e. The largest absolute Gasteiger partial charge is 0.306 e. The van der Waals surface area contributed by atoms with Gasteiger partial charge in [-0.15, -0.1) is 11.3 Å². The lowest BCUT2D eigenvalue weighted by atomic mass is 9.98. The molecule has 1 unspecified atom stereocenters. The van der Waals surface area contributed by atoms with Crippen molar-refractivity contribution in [1.29, 1.82) is 0 Å². The highest BCUT2D eigenvalue weighted by molar-refractivity contribution is 7.11. The number of thiazole rings is 1. The Morgan fingerprint density at radius 2 is 1.79 bits per heavy atom. The van der Waals surface area contributed by atoms with Crippen LogP contribution >= 0.6 is 11.3 Å². The Bertz CT molecular complexity index is 514. The maximum Gasteiger partial charge on any atom is 0.0897 e. The lowest BCUT2D eigenvalue weighted by molar-refractivity contribution is 0.638. The van der Waals surface area contributed by atoms with Gasteiger partial charge in [0.1, 0.15) is 0 Å². The van der Waals surface area contributed by atoms with Crippen molar-refractivity contribution in [3.05, 3.63) is 51.5 Å². The molecule has 2 rings (SSSR count). The Hall–Kier alpha value is -1.19. The van der Waals surface area contributed by atoms with E-state index in [1.165, 1.54) is 16.0 Å². The first-order chi connectivity index (χ1) is 9.11. The van der Waals surface area contributed by atoms with E-state index in [4.69, 9.17) is 0 Å². The Morgan fingerprint density at radius 3 is 2.26 bits per heavy atom. The maximum absolute atomic E-state index is 4.37. The molecule has 19 heavy (non-hydrogen) atoms. The van der Waals surface area contributed by atoms with Crippen LogP contribution in [0, 0.1) is 6.92 Å². The van der Waals surface area contributed by atoms with Crippen molar-refractivity contribution >= 4 is 11.3 Å². The van der Waals surface area contributed by atoms with Gasteiger partial charge < -0.3 is 5.32 Å². The zero-order valence-electron chi connectivity index (χ0n) is 12.1. The number of benzene rings is 1. The summed E-state index contributed by atoms with van der Waals surface area (Å²) in [5, 5.41) is 4.67. The molecule has 3 heteroatoms. The number of aryl methyl sites for hydroxylation is 1. The van der Waals surface area contributed by atoms with Gasteiger partial charge in [-0.05, 0) is 30.5 Å². The third-order valence-corrected chi connectivity index (χ3v) is 4.25. The van der Waals surface area contributed by atoms with Gasteiger partial charge in [-0.3, -0.25) is 0 Å². The van der Waals surface area contributed by atoms with Gasteiger partial charge in [-0.1, -0.05) is 45.0 Å². The zero-order valence-corrected chi connectivity index (χ0v) is 12.9. The lowest BCUT2D eigenvalue weighted by Gasteiger charge is -2.17. The van der Waals surface area contributed by atoms with Gasteiger partial charge in [-0.25, -0.2) is 4.98 Å². The summed E-state index contributed by atoms with van der Waals surface area (Å²) in [6.45, 7) is 9.60. The monoisotopic (exact) mass is 274 g/mol. The van der Waals surface area contributed by atoms with Crippen LogP contribution in [0.15, 0.2) is 30.5 Å². The number of nitrogens with zero attached hydrogens (tertiary/aromatic N) is 1. The molecule has 0 spiro atoms. The number of nitrogens with one attached hydrogen (secondary N) is 1. The molecule has 2 aromatic rings. The van der Waals surface area contributed by atoms with Crippen molar-refractivity contribution in [2.45, 2.75) is 39.7 Å². The minimum absolute atomic E-state index is 0.261. The van der Waals surface area contributed by atoms with Crippen LogP contribution in [0.25, 0.3) is 0 Å². The molecule has 1 aromatic carbocycles. The Morgan fingerprint density at radius 1 is 1.16 bits per heavy atom. The molecule has 0 amide bonds. The zero-order chi connectivity index (χ0) is 13.8. The molecule has 0 aliphatic carbocycles. The van der Waals surface area contributed by atoms with Gasteiger partial charge in [0.15, 0.2) is 0 Å². The molecule has 102 valence electrons. The molecule has 1 atom stereocenters. The van der Waals surface area contributed by atoms with Crippen molar-refractivity contribution < 1.29 is 0 Å². The first kappa shape index (κ1) is 14.2. The van der Waals surface area contributed by atoms with Gasteiger partial charge in [0.05, 0.1) is 11.0 Å². The fourth-order valence-electron chi connectivity index (χ4n) is 2.17. The second-order valence-electron chi connectivity index (χ2n) is 5.09. The summed E-state index contributed by atoms with van der Waals surface area (Å²) in [6.07, 6.45) is 1.99. The Balaban J connectivity index is 2.28. The average Bonchev–Trinajstić information content (AvgIpc) is 2.82. The smallest absolute Gasteiger partial charge is 0.0897 e. The summed E-state index contributed by atoms with van der Waals surface area (Å²) in [4.78, 5) is 5.66. The topological polar surface area (TPSA) is 24.9 Å². The molecule has 1 N–H and O–H groups in total. The van der Waals surface area contributed by atoms with Gasteiger partial charge >= 0.3 is 0 Å². The van der Waals surface area contributed by atoms with Crippen LogP contribution in [0.5, 0.6) is 0 Å². The minimum atomic E-state index is 0.261. The second kappa shape index (κ2) is 6.31. The van der Waals surface area contributed by atoms with Crippen molar-refractivity contribution in [3.8, 4) is 0 Å². The molecule has 0 bridgehead atoms. The van der Waals surface area contributed by atoms with Crippen LogP contribution in [0.3, 0.4) is 0 Å². The number of aromatic nitrogens is 1. The standard InChI is InChI=1S/C16H22N2S/c1-5-17-16(15-10-18-12(4)19-15)14-8-6-13(7-9-14)11(2)3/h6-11,16-17H,5H2,1-4H3. The molecule has 0 aliphatic rings. The van der Waals surface area contributed by atoms with E-state index in [0.717, 1.165) is 11.6 Å². The lowest BCUT2D eigenvalue weighted by Crippen LogP contribution is -2.21. The van der Waals surface area contributed by atoms with Crippen molar-refractivity contribution in [2.75, 3.05) is 6.54 Å². The van der Waals surface area contributed by atoms with E-state index in [2.05, 4.69) is 62.3 Å². The summed E-state index contributed by atoms with van der Waals surface area (Å²) < 4.78 is 0.